The van der Waals surface area contributed by atoms with Crippen molar-refractivity contribution < 1.29 is 14.6 Å². The summed E-state index contributed by atoms with van der Waals surface area (Å²) in [6, 6.07) is 5.24. The van der Waals surface area contributed by atoms with Crippen molar-refractivity contribution in [2.24, 2.45) is 0 Å². The van der Waals surface area contributed by atoms with Gasteiger partial charge in [-0.3, -0.25) is 0 Å². The van der Waals surface area contributed by atoms with Crippen LogP contribution in [0.3, 0.4) is 0 Å². The molecular formula is C12H16BrNO3. The quantitative estimate of drug-likeness (QED) is 0.793. The third kappa shape index (κ3) is 4.36. The van der Waals surface area contributed by atoms with Gasteiger partial charge in [0.1, 0.15) is 0 Å². The molecule has 1 rings (SSSR count). The fourth-order valence-electron chi connectivity index (χ4n) is 1.37. The van der Waals surface area contributed by atoms with Gasteiger partial charge < -0.3 is 15.2 Å². The average molecular weight is 302 g/mol. The van der Waals surface area contributed by atoms with Crippen LogP contribution in [-0.2, 0) is 4.74 Å². The number of aromatic carboxylic acids is 1. The molecule has 0 aliphatic heterocycles. The molecule has 5 heteroatoms. The Morgan fingerprint density at radius 1 is 1.53 bits per heavy atom. The van der Waals surface area contributed by atoms with Gasteiger partial charge in [0.25, 0.3) is 0 Å². The lowest BCUT2D eigenvalue weighted by Crippen LogP contribution is -2.15. The van der Waals surface area contributed by atoms with Crippen LogP contribution in [-0.4, -0.2) is 30.3 Å². The van der Waals surface area contributed by atoms with Crippen LogP contribution in [0.25, 0.3) is 0 Å². The van der Waals surface area contributed by atoms with Gasteiger partial charge in [0.15, 0.2) is 0 Å². The summed E-state index contributed by atoms with van der Waals surface area (Å²) in [5, 5.41) is 12.1. The Kier molecular flexibility index (Phi) is 5.44. The molecule has 1 aromatic carbocycles. The smallest absolute Gasteiger partial charge is 0.338 e. The van der Waals surface area contributed by atoms with E-state index in [4.69, 9.17) is 9.84 Å². The molecule has 4 nitrogen and oxygen atoms in total. The number of anilines is 1. The third-order valence-corrected chi connectivity index (χ3v) is 2.76. The van der Waals surface area contributed by atoms with E-state index < -0.39 is 5.97 Å². The second kappa shape index (κ2) is 6.61. The number of benzene rings is 1. The zero-order valence-electron chi connectivity index (χ0n) is 9.87. The Morgan fingerprint density at radius 3 is 2.82 bits per heavy atom. The summed E-state index contributed by atoms with van der Waals surface area (Å²) >= 11 is 3.23. The Morgan fingerprint density at radius 2 is 2.24 bits per heavy atom. The van der Waals surface area contributed by atoms with Crippen molar-refractivity contribution in [2.45, 2.75) is 20.0 Å². The fraction of sp³-hybridized carbons (Fsp3) is 0.417. The highest BCUT2D eigenvalue weighted by Gasteiger charge is 2.13. The molecule has 94 valence electrons. The summed E-state index contributed by atoms with van der Waals surface area (Å²) in [6.45, 7) is 5.04. The number of ether oxygens (including phenoxy) is 1. The molecule has 0 amide bonds. The summed E-state index contributed by atoms with van der Waals surface area (Å²) in [6.07, 6.45) is 0.179. The number of hydrogen-bond donors (Lipinski definition) is 2. The first kappa shape index (κ1) is 14.0. The Labute approximate surface area is 109 Å². The van der Waals surface area contributed by atoms with Crippen LogP contribution in [0, 0.1) is 0 Å². The van der Waals surface area contributed by atoms with Crippen molar-refractivity contribution in [2.75, 3.05) is 18.5 Å². The molecule has 0 radical (unpaired) electrons. The second-order valence-electron chi connectivity index (χ2n) is 3.81. The van der Waals surface area contributed by atoms with E-state index in [1.807, 2.05) is 13.8 Å². The molecule has 0 fully saturated rings. The van der Waals surface area contributed by atoms with E-state index in [1.165, 1.54) is 0 Å². The second-order valence-corrected chi connectivity index (χ2v) is 4.67. The minimum absolute atomic E-state index is 0.179. The minimum atomic E-state index is -0.954. The molecule has 2 N–H and O–H groups in total. The molecule has 0 aromatic heterocycles. The normalized spacial score (nSPS) is 10.6. The van der Waals surface area contributed by atoms with Gasteiger partial charge in [-0.05, 0) is 41.9 Å². The van der Waals surface area contributed by atoms with Gasteiger partial charge in [-0.15, -0.1) is 0 Å². The number of hydrogen-bond acceptors (Lipinski definition) is 3. The van der Waals surface area contributed by atoms with Crippen LogP contribution in [0.1, 0.15) is 24.2 Å². The van der Waals surface area contributed by atoms with Gasteiger partial charge in [0.2, 0.25) is 0 Å². The molecule has 0 aliphatic carbocycles. The standard InChI is InChI=1S/C12H16BrNO3/c1-8(2)17-7-6-14-10-5-3-4-9(13)11(10)12(15)16/h3-5,8,14H,6-7H2,1-2H3,(H,15,16). The monoisotopic (exact) mass is 301 g/mol. The first-order valence-electron chi connectivity index (χ1n) is 5.39. The van der Waals surface area contributed by atoms with E-state index in [1.54, 1.807) is 18.2 Å². The van der Waals surface area contributed by atoms with E-state index in [-0.39, 0.29) is 11.7 Å². The van der Waals surface area contributed by atoms with E-state index in [2.05, 4.69) is 21.2 Å². The van der Waals surface area contributed by atoms with Crippen molar-refractivity contribution in [1.82, 2.24) is 0 Å². The fourth-order valence-corrected chi connectivity index (χ4v) is 1.90. The molecule has 0 unspecified atom stereocenters. The third-order valence-electron chi connectivity index (χ3n) is 2.10. The van der Waals surface area contributed by atoms with Crippen molar-refractivity contribution >= 4 is 27.6 Å². The van der Waals surface area contributed by atoms with Gasteiger partial charge in [0.05, 0.1) is 18.3 Å². The molecule has 0 bridgehead atoms. The molecular weight excluding hydrogens is 286 g/mol. The lowest BCUT2D eigenvalue weighted by molar-refractivity contribution is 0.0696. The van der Waals surface area contributed by atoms with Crippen LogP contribution >= 0.6 is 15.9 Å². The van der Waals surface area contributed by atoms with Crippen LogP contribution in [0.2, 0.25) is 0 Å². The average Bonchev–Trinajstić information content (AvgIpc) is 2.23. The lowest BCUT2D eigenvalue weighted by Gasteiger charge is -2.12. The Hall–Kier alpha value is -1.07. The molecule has 0 atom stereocenters. The van der Waals surface area contributed by atoms with Gasteiger partial charge in [-0.25, -0.2) is 4.79 Å². The van der Waals surface area contributed by atoms with Gasteiger partial charge in [-0.2, -0.15) is 0 Å². The molecule has 0 spiro atoms. The first-order valence-corrected chi connectivity index (χ1v) is 6.19. The summed E-state index contributed by atoms with van der Waals surface area (Å²) in [7, 11) is 0. The van der Waals surface area contributed by atoms with Gasteiger partial charge in [0, 0.05) is 16.7 Å². The van der Waals surface area contributed by atoms with Crippen molar-refractivity contribution in [3.8, 4) is 0 Å². The topological polar surface area (TPSA) is 58.6 Å². The number of carboxylic acids is 1. The molecule has 0 aliphatic rings. The highest BCUT2D eigenvalue weighted by Crippen LogP contribution is 2.24. The van der Waals surface area contributed by atoms with Crippen molar-refractivity contribution in [3.63, 3.8) is 0 Å². The number of nitrogens with one attached hydrogen (secondary N) is 1. The van der Waals surface area contributed by atoms with Crippen LogP contribution in [0.4, 0.5) is 5.69 Å². The summed E-state index contributed by atoms with van der Waals surface area (Å²) in [4.78, 5) is 11.1. The first-order chi connectivity index (χ1) is 8.02. The molecule has 17 heavy (non-hydrogen) atoms. The number of rotatable bonds is 6. The molecule has 0 saturated heterocycles. The molecule has 0 heterocycles. The van der Waals surface area contributed by atoms with Crippen molar-refractivity contribution in [3.05, 3.63) is 28.2 Å². The lowest BCUT2D eigenvalue weighted by atomic mass is 10.2. The summed E-state index contributed by atoms with van der Waals surface area (Å²) in [5.41, 5.74) is 0.844. The molecule has 0 saturated carbocycles. The summed E-state index contributed by atoms with van der Waals surface area (Å²) in [5.74, 6) is -0.954. The SMILES string of the molecule is CC(C)OCCNc1cccc(Br)c1C(=O)O. The van der Waals surface area contributed by atoms with Crippen LogP contribution < -0.4 is 5.32 Å². The maximum Gasteiger partial charge on any atom is 0.338 e. The predicted molar refractivity (Wildman–Crippen MR) is 70.7 cm³/mol. The Bertz CT molecular complexity index is 393. The highest BCUT2D eigenvalue weighted by atomic mass is 79.9. The van der Waals surface area contributed by atoms with Gasteiger partial charge >= 0.3 is 5.97 Å². The Balaban J connectivity index is 2.64. The predicted octanol–water partition coefficient (Wildman–Crippen LogP) is 2.98. The number of carbonyl (C=O) groups is 1. The highest BCUT2D eigenvalue weighted by molar-refractivity contribution is 9.10. The minimum Gasteiger partial charge on any atom is -0.478 e. The molecule has 1 aromatic rings. The van der Waals surface area contributed by atoms with E-state index in [9.17, 15) is 4.79 Å². The van der Waals surface area contributed by atoms with E-state index in [0.29, 0.717) is 23.3 Å². The summed E-state index contributed by atoms with van der Waals surface area (Å²) < 4.78 is 5.94. The van der Waals surface area contributed by atoms with E-state index >= 15 is 0 Å². The number of halogens is 1. The van der Waals surface area contributed by atoms with Gasteiger partial charge in [-0.1, -0.05) is 6.07 Å². The maximum atomic E-state index is 11.1. The van der Waals surface area contributed by atoms with Crippen LogP contribution in [0.15, 0.2) is 22.7 Å². The number of carboxylic acid groups (broad SMARTS) is 1. The van der Waals surface area contributed by atoms with Crippen LogP contribution in [0.5, 0.6) is 0 Å². The zero-order valence-corrected chi connectivity index (χ0v) is 11.5. The maximum absolute atomic E-state index is 11.1. The van der Waals surface area contributed by atoms with E-state index in [0.717, 1.165) is 0 Å². The van der Waals surface area contributed by atoms with Crippen molar-refractivity contribution in [1.29, 1.82) is 0 Å². The zero-order chi connectivity index (χ0) is 12.8. The largest absolute Gasteiger partial charge is 0.478 e.